The van der Waals surface area contributed by atoms with E-state index in [2.05, 4.69) is 11.2 Å². The number of aryl methyl sites for hydroxylation is 1. The Bertz CT molecular complexity index is 449. The Hall–Kier alpha value is -2.08. The van der Waals surface area contributed by atoms with Crippen LogP contribution in [0, 0.1) is 18.4 Å². The molecule has 1 aliphatic heterocycles. The molecule has 2 rings (SSSR count). The molecule has 1 aromatic rings. The minimum atomic E-state index is 0.552. The summed E-state index contributed by atoms with van der Waals surface area (Å²) >= 11 is 0. The van der Waals surface area contributed by atoms with Gasteiger partial charge >= 0.3 is 0 Å². The molecule has 0 saturated heterocycles. The van der Waals surface area contributed by atoms with Crippen molar-refractivity contribution < 1.29 is 0 Å². The van der Waals surface area contributed by atoms with E-state index in [1.165, 1.54) is 5.56 Å². The predicted molar refractivity (Wildman–Crippen MR) is 60.0 cm³/mol. The number of nitriles is 1. The minimum absolute atomic E-state index is 0.552. The quantitative estimate of drug-likeness (QED) is 0.647. The average molecular weight is 197 g/mol. The van der Waals surface area contributed by atoms with Gasteiger partial charge in [0.15, 0.2) is 6.19 Å². The van der Waals surface area contributed by atoms with Crippen LogP contribution in [0.25, 0.3) is 5.70 Å². The van der Waals surface area contributed by atoms with E-state index >= 15 is 0 Å². The maximum Gasteiger partial charge on any atom is 0.184 e. The molecule has 1 aromatic carbocycles. The van der Waals surface area contributed by atoms with Crippen molar-refractivity contribution in [1.29, 1.82) is 5.26 Å². The van der Waals surface area contributed by atoms with Crippen molar-refractivity contribution in [2.75, 3.05) is 6.54 Å². The van der Waals surface area contributed by atoms with Crippen molar-refractivity contribution in [2.45, 2.75) is 6.92 Å². The van der Waals surface area contributed by atoms with Crippen molar-refractivity contribution in [3.63, 3.8) is 0 Å². The van der Waals surface area contributed by atoms with E-state index < -0.39 is 0 Å². The van der Waals surface area contributed by atoms with Crippen molar-refractivity contribution >= 4 is 11.9 Å². The third kappa shape index (κ3) is 1.89. The molecule has 15 heavy (non-hydrogen) atoms. The van der Waals surface area contributed by atoms with Crippen LogP contribution in [0.15, 0.2) is 35.5 Å². The number of hydrogen-bond donors (Lipinski definition) is 0. The molecule has 0 unspecified atom stereocenters. The molecule has 0 saturated carbocycles. The fraction of sp³-hybridized carbons (Fsp3) is 0.167. The first kappa shape index (κ1) is 9.47. The molecule has 0 spiro atoms. The molecular formula is C12H11N3. The number of rotatable bonds is 1. The molecule has 0 amide bonds. The highest BCUT2D eigenvalue weighted by molar-refractivity contribution is 5.74. The summed E-state index contributed by atoms with van der Waals surface area (Å²) in [7, 11) is 0. The van der Waals surface area contributed by atoms with Gasteiger partial charge in [-0.2, -0.15) is 5.26 Å². The molecule has 0 atom stereocenters. The fourth-order valence-electron chi connectivity index (χ4n) is 1.47. The molecule has 0 radical (unpaired) electrons. The molecule has 0 aromatic heterocycles. The molecule has 1 aliphatic rings. The van der Waals surface area contributed by atoms with E-state index in [9.17, 15) is 0 Å². The third-order valence-corrected chi connectivity index (χ3v) is 2.33. The molecule has 3 nitrogen and oxygen atoms in total. The Kier molecular flexibility index (Phi) is 2.51. The Labute approximate surface area is 89.0 Å². The van der Waals surface area contributed by atoms with Crippen molar-refractivity contribution in [3.05, 3.63) is 41.6 Å². The monoisotopic (exact) mass is 197 g/mol. The Morgan fingerprint density at radius 1 is 1.33 bits per heavy atom. The zero-order valence-corrected chi connectivity index (χ0v) is 8.51. The highest BCUT2D eigenvalue weighted by Crippen LogP contribution is 2.20. The van der Waals surface area contributed by atoms with E-state index in [0.717, 1.165) is 11.3 Å². The molecule has 0 aliphatic carbocycles. The number of nitrogens with zero attached hydrogens (tertiary/aromatic N) is 3. The molecule has 0 bridgehead atoms. The maximum absolute atomic E-state index is 8.95. The van der Waals surface area contributed by atoms with Crippen LogP contribution in [0.3, 0.4) is 0 Å². The minimum Gasteiger partial charge on any atom is -0.272 e. The zero-order chi connectivity index (χ0) is 10.7. The predicted octanol–water partition coefficient (Wildman–Crippen LogP) is 2.16. The van der Waals surface area contributed by atoms with Crippen LogP contribution in [0.5, 0.6) is 0 Å². The highest BCUT2D eigenvalue weighted by Gasteiger charge is 2.12. The number of benzene rings is 1. The molecular weight excluding hydrogens is 186 g/mol. The first-order chi connectivity index (χ1) is 7.31. The largest absolute Gasteiger partial charge is 0.272 e. The molecule has 0 N–H and O–H groups in total. The summed E-state index contributed by atoms with van der Waals surface area (Å²) in [4.78, 5) is 5.70. The van der Waals surface area contributed by atoms with Gasteiger partial charge in [-0.25, -0.2) is 0 Å². The summed E-state index contributed by atoms with van der Waals surface area (Å²) < 4.78 is 0. The molecule has 1 heterocycles. The highest BCUT2D eigenvalue weighted by atomic mass is 15.1. The second kappa shape index (κ2) is 3.97. The normalized spacial score (nSPS) is 14.7. The van der Waals surface area contributed by atoms with E-state index in [-0.39, 0.29) is 0 Å². The lowest BCUT2D eigenvalue weighted by Crippen LogP contribution is -2.20. The van der Waals surface area contributed by atoms with Crippen molar-refractivity contribution in [3.8, 4) is 6.19 Å². The van der Waals surface area contributed by atoms with Gasteiger partial charge in [0.05, 0.1) is 18.4 Å². The first-order valence-electron chi connectivity index (χ1n) is 4.77. The van der Waals surface area contributed by atoms with E-state index in [1.807, 2.05) is 31.2 Å². The zero-order valence-electron chi connectivity index (χ0n) is 8.51. The second-order valence-electron chi connectivity index (χ2n) is 3.42. The van der Waals surface area contributed by atoms with Gasteiger partial charge in [-0.05, 0) is 6.92 Å². The summed E-state index contributed by atoms with van der Waals surface area (Å²) in [5, 5.41) is 8.95. The van der Waals surface area contributed by atoms with E-state index in [0.29, 0.717) is 6.54 Å². The van der Waals surface area contributed by atoms with Crippen LogP contribution >= 0.6 is 0 Å². The molecule has 3 heteroatoms. The standard InChI is InChI=1S/C12H11N3/c1-10-2-4-11(5-3-10)12-8-14-6-7-15(12)9-13/h2-6,8H,7H2,1H3. The smallest absolute Gasteiger partial charge is 0.184 e. The van der Waals surface area contributed by atoms with Gasteiger partial charge in [-0.1, -0.05) is 29.8 Å². The molecule has 74 valence electrons. The lowest BCUT2D eigenvalue weighted by atomic mass is 10.1. The lowest BCUT2D eigenvalue weighted by Gasteiger charge is -2.19. The summed E-state index contributed by atoms with van der Waals surface area (Å²) in [6.45, 7) is 2.59. The van der Waals surface area contributed by atoms with Gasteiger partial charge in [0.1, 0.15) is 0 Å². The van der Waals surface area contributed by atoms with Gasteiger partial charge in [0.2, 0.25) is 0 Å². The Balaban J connectivity index is 2.37. The number of aliphatic imine (C=N–C) groups is 1. The first-order valence-corrected chi connectivity index (χ1v) is 4.77. The second-order valence-corrected chi connectivity index (χ2v) is 3.42. The van der Waals surface area contributed by atoms with E-state index in [4.69, 9.17) is 5.26 Å². The fourth-order valence-corrected chi connectivity index (χ4v) is 1.47. The van der Waals surface area contributed by atoms with Gasteiger partial charge in [-0.15, -0.1) is 0 Å². The molecule has 0 fully saturated rings. The summed E-state index contributed by atoms with van der Waals surface area (Å²) in [5.41, 5.74) is 3.10. The van der Waals surface area contributed by atoms with Crippen LogP contribution in [-0.2, 0) is 0 Å². The van der Waals surface area contributed by atoms with Crippen molar-refractivity contribution in [2.24, 2.45) is 4.99 Å². The van der Waals surface area contributed by atoms with Crippen molar-refractivity contribution in [1.82, 2.24) is 4.90 Å². The average Bonchev–Trinajstić information content (AvgIpc) is 2.30. The van der Waals surface area contributed by atoms with E-state index in [1.54, 1.807) is 17.3 Å². The van der Waals surface area contributed by atoms with Gasteiger partial charge in [-0.3, -0.25) is 9.89 Å². The van der Waals surface area contributed by atoms with Gasteiger partial charge < -0.3 is 0 Å². The summed E-state index contributed by atoms with van der Waals surface area (Å²) in [6, 6.07) is 8.08. The van der Waals surface area contributed by atoms with Crippen LogP contribution in [0.4, 0.5) is 0 Å². The maximum atomic E-state index is 8.95. The lowest BCUT2D eigenvalue weighted by molar-refractivity contribution is 0.628. The van der Waals surface area contributed by atoms with Crippen LogP contribution in [0.1, 0.15) is 11.1 Å². The SMILES string of the molecule is Cc1ccc(C2=CN=CCN2C#N)cc1. The van der Waals surface area contributed by atoms with Crippen LogP contribution < -0.4 is 0 Å². The topological polar surface area (TPSA) is 39.4 Å². The third-order valence-electron chi connectivity index (χ3n) is 2.33. The van der Waals surface area contributed by atoms with Gasteiger partial charge in [0.25, 0.3) is 0 Å². The Morgan fingerprint density at radius 3 is 2.73 bits per heavy atom. The van der Waals surface area contributed by atoms with Crippen LogP contribution in [-0.4, -0.2) is 17.7 Å². The summed E-state index contributed by atoms with van der Waals surface area (Å²) in [6.07, 6.45) is 5.58. The van der Waals surface area contributed by atoms with Crippen LogP contribution in [0.2, 0.25) is 0 Å². The Morgan fingerprint density at radius 2 is 2.07 bits per heavy atom. The summed E-state index contributed by atoms with van der Waals surface area (Å²) in [5.74, 6) is 0. The van der Waals surface area contributed by atoms with Gasteiger partial charge in [0, 0.05) is 11.8 Å². The number of hydrogen-bond acceptors (Lipinski definition) is 3.